The van der Waals surface area contributed by atoms with Gasteiger partial charge < -0.3 is 15.8 Å². The second-order valence-electron chi connectivity index (χ2n) is 4.79. The molecule has 1 rings (SSSR count). The van der Waals surface area contributed by atoms with Gasteiger partial charge in [0.15, 0.2) is 0 Å². The van der Waals surface area contributed by atoms with Gasteiger partial charge in [0, 0.05) is 18.7 Å². The summed E-state index contributed by atoms with van der Waals surface area (Å²) in [6, 6.07) is 7.43. The van der Waals surface area contributed by atoms with E-state index in [4.69, 9.17) is 22.7 Å². The van der Waals surface area contributed by atoms with Crippen LogP contribution in [-0.4, -0.2) is 49.1 Å². The predicted molar refractivity (Wildman–Crippen MR) is 88.6 cm³/mol. The monoisotopic (exact) mass is 309 g/mol. The summed E-state index contributed by atoms with van der Waals surface area (Å²) in [4.78, 5) is 13.7. The molecular weight excluding hydrogens is 286 g/mol. The first-order valence-corrected chi connectivity index (χ1v) is 7.41. The van der Waals surface area contributed by atoms with E-state index in [9.17, 15) is 4.79 Å². The van der Waals surface area contributed by atoms with Gasteiger partial charge >= 0.3 is 0 Å². The van der Waals surface area contributed by atoms with E-state index in [-0.39, 0.29) is 5.91 Å². The van der Waals surface area contributed by atoms with E-state index in [0.29, 0.717) is 24.7 Å². The van der Waals surface area contributed by atoms with Crippen molar-refractivity contribution < 1.29 is 9.53 Å². The molecule has 0 aromatic heterocycles. The van der Waals surface area contributed by atoms with Gasteiger partial charge in [-0.25, -0.2) is 0 Å². The molecule has 6 heteroatoms. The highest BCUT2D eigenvalue weighted by Gasteiger charge is 2.05. The summed E-state index contributed by atoms with van der Waals surface area (Å²) in [6.45, 7) is 4.36. The fraction of sp³-hybridized carbons (Fsp3) is 0.467. The summed E-state index contributed by atoms with van der Waals surface area (Å²) in [5.74, 6) is 0.803. The fourth-order valence-corrected chi connectivity index (χ4v) is 1.97. The molecule has 0 heterocycles. The van der Waals surface area contributed by atoms with Crippen molar-refractivity contribution in [2.75, 3.05) is 33.3 Å². The molecule has 0 radical (unpaired) electrons. The first-order valence-electron chi connectivity index (χ1n) is 7.00. The largest absolute Gasteiger partial charge is 0.494 e. The van der Waals surface area contributed by atoms with Crippen LogP contribution in [0.15, 0.2) is 24.3 Å². The Morgan fingerprint density at radius 3 is 2.90 bits per heavy atom. The molecule has 5 nitrogen and oxygen atoms in total. The Bertz CT molecular complexity index is 480. The van der Waals surface area contributed by atoms with Crippen LogP contribution in [0.5, 0.6) is 5.75 Å². The number of amides is 1. The standard InChI is InChI=1S/C15H23N3O2S/c1-3-17-14(19)11-18(2)8-5-9-20-13-7-4-6-12(10-13)15(16)21/h4,6-7,10H,3,5,8-9,11H2,1-2H3,(H2,16,21)(H,17,19). The minimum Gasteiger partial charge on any atom is -0.494 e. The maximum absolute atomic E-state index is 11.4. The maximum Gasteiger partial charge on any atom is 0.234 e. The fourth-order valence-electron chi connectivity index (χ4n) is 1.84. The topological polar surface area (TPSA) is 67.6 Å². The Hall–Kier alpha value is -1.66. The third kappa shape index (κ3) is 7.06. The number of carbonyl (C=O) groups excluding carboxylic acids is 1. The third-order valence-corrected chi connectivity index (χ3v) is 3.09. The number of nitrogens with zero attached hydrogens (tertiary/aromatic N) is 1. The lowest BCUT2D eigenvalue weighted by molar-refractivity contribution is -0.121. The van der Waals surface area contributed by atoms with E-state index in [1.165, 1.54) is 0 Å². The van der Waals surface area contributed by atoms with E-state index in [0.717, 1.165) is 24.3 Å². The quantitative estimate of drug-likeness (QED) is 0.529. The van der Waals surface area contributed by atoms with Gasteiger partial charge in [-0.15, -0.1) is 0 Å². The molecule has 0 unspecified atom stereocenters. The molecule has 116 valence electrons. The van der Waals surface area contributed by atoms with Gasteiger partial charge in [-0.1, -0.05) is 24.4 Å². The average molecular weight is 309 g/mol. The van der Waals surface area contributed by atoms with Crippen LogP contribution in [0.4, 0.5) is 0 Å². The van der Waals surface area contributed by atoms with Crippen LogP contribution in [0, 0.1) is 0 Å². The summed E-state index contributed by atoms with van der Waals surface area (Å²) in [7, 11) is 1.92. The Balaban J connectivity index is 2.26. The van der Waals surface area contributed by atoms with Crippen molar-refractivity contribution in [3.63, 3.8) is 0 Å². The van der Waals surface area contributed by atoms with Gasteiger partial charge in [0.2, 0.25) is 5.91 Å². The van der Waals surface area contributed by atoms with Crippen molar-refractivity contribution in [1.82, 2.24) is 10.2 Å². The highest BCUT2D eigenvalue weighted by molar-refractivity contribution is 7.80. The normalized spacial score (nSPS) is 10.4. The van der Waals surface area contributed by atoms with E-state index in [1.807, 2.05) is 43.1 Å². The number of nitrogens with one attached hydrogen (secondary N) is 1. The minimum atomic E-state index is 0.0464. The van der Waals surface area contributed by atoms with E-state index in [1.54, 1.807) is 0 Å². The smallest absolute Gasteiger partial charge is 0.234 e. The lowest BCUT2D eigenvalue weighted by Crippen LogP contribution is -2.35. The molecule has 0 atom stereocenters. The molecular formula is C15H23N3O2S. The molecule has 3 N–H and O–H groups in total. The minimum absolute atomic E-state index is 0.0464. The zero-order valence-electron chi connectivity index (χ0n) is 12.6. The van der Waals surface area contributed by atoms with Crippen molar-refractivity contribution in [2.45, 2.75) is 13.3 Å². The molecule has 0 saturated carbocycles. The van der Waals surface area contributed by atoms with Gasteiger partial charge in [0.1, 0.15) is 10.7 Å². The van der Waals surface area contributed by atoms with Crippen LogP contribution < -0.4 is 15.8 Å². The summed E-state index contributed by atoms with van der Waals surface area (Å²) >= 11 is 4.93. The molecule has 0 bridgehead atoms. The molecule has 0 aliphatic carbocycles. The molecule has 0 spiro atoms. The SMILES string of the molecule is CCNC(=O)CN(C)CCCOc1cccc(C(N)=S)c1. The van der Waals surface area contributed by atoms with E-state index in [2.05, 4.69) is 5.32 Å². The lowest BCUT2D eigenvalue weighted by Gasteiger charge is -2.16. The molecule has 0 aliphatic rings. The van der Waals surface area contributed by atoms with E-state index >= 15 is 0 Å². The molecule has 0 fully saturated rings. The van der Waals surface area contributed by atoms with Crippen molar-refractivity contribution >= 4 is 23.1 Å². The Morgan fingerprint density at radius 1 is 1.48 bits per heavy atom. The number of thiocarbonyl (C=S) groups is 1. The summed E-state index contributed by atoms with van der Waals surface area (Å²) in [5.41, 5.74) is 6.38. The van der Waals surface area contributed by atoms with Crippen LogP contribution in [0.25, 0.3) is 0 Å². The highest BCUT2D eigenvalue weighted by atomic mass is 32.1. The first-order chi connectivity index (χ1) is 10.0. The number of rotatable bonds is 9. The van der Waals surface area contributed by atoms with Crippen LogP contribution in [0.2, 0.25) is 0 Å². The number of carbonyl (C=O) groups is 1. The second-order valence-corrected chi connectivity index (χ2v) is 5.23. The lowest BCUT2D eigenvalue weighted by atomic mass is 10.2. The van der Waals surface area contributed by atoms with Crippen molar-refractivity contribution in [2.24, 2.45) is 5.73 Å². The van der Waals surface area contributed by atoms with Gasteiger partial charge in [-0.3, -0.25) is 9.69 Å². The molecule has 0 aliphatic heterocycles. The number of ether oxygens (including phenoxy) is 1. The maximum atomic E-state index is 11.4. The van der Waals surface area contributed by atoms with E-state index < -0.39 is 0 Å². The third-order valence-electron chi connectivity index (χ3n) is 2.86. The average Bonchev–Trinajstić information content (AvgIpc) is 2.44. The van der Waals surface area contributed by atoms with Gasteiger partial charge in [0.05, 0.1) is 13.2 Å². The predicted octanol–water partition coefficient (Wildman–Crippen LogP) is 1.16. The number of hydrogen-bond acceptors (Lipinski definition) is 4. The molecule has 1 aromatic carbocycles. The van der Waals surface area contributed by atoms with Gasteiger partial charge in [-0.2, -0.15) is 0 Å². The number of likely N-dealkylation sites (N-methyl/N-ethyl adjacent to an activating group) is 2. The summed E-state index contributed by atoms with van der Waals surface area (Å²) in [6.07, 6.45) is 0.840. The molecule has 1 aromatic rings. The van der Waals surface area contributed by atoms with Crippen molar-refractivity contribution in [3.8, 4) is 5.75 Å². The van der Waals surface area contributed by atoms with Crippen LogP contribution in [-0.2, 0) is 4.79 Å². The summed E-state index contributed by atoms with van der Waals surface area (Å²) in [5, 5.41) is 2.77. The Labute approximate surface area is 131 Å². The number of nitrogens with two attached hydrogens (primary N) is 1. The first kappa shape index (κ1) is 17.4. The molecule has 0 saturated heterocycles. The number of benzene rings is 1. The van der Waals surface area contributed by atoms with Gasteiger partial charge in [-0.05, 0) is 32.5 Å². The zero-order chi connectivity index (χ0) is 15.7. The Kier molecular flexibility index (Phi) is 7.71. The summed E-state index contributed by atoms with van der Waals surface area (Å²) < 4.78 is 5.66. The van der Waals surface area contributed by atoms with Crippen LogP contribution in [0.1, 0.15) is 18.9 Å². The van der Waals surface area contributed by atoms with Crippen molar-refractivity contribution in [1.29, 1.82) is 0 Å². The zero-order valence-corrected chi connectivity index (χ0v) is 13.4. The Morgan fingerprint density at radius 2 is 2.24 bits per heavy atom. The molecule has 21 heavy (non-hydrogen) atoms. The van der Waals surface area contributed by atoms with Crippen LogP contribution >= 0.6 is 12.2 Å². The highest BCUT2D eigenvalue weighted by Crippen LogP contribution is 2.13. The molecule has 1 amide bonds. The second kappa shape index (κ2) is 9.31. The number of hydrogen-bond donors (Lipinski definition) is 2. The van der Waals surface area contributed by atoms with Gasteiger partial charge in [0.25, 0.3) is 0 Å². The van der Waals surface area contributed by atoms with Crippen molar-refractivity contribution in [3.05, 3.63) is 29.8 Å². The van der Waals surface area contributed by atoms with Crippen LogP contribution in [0.3, 0.4) is 0 Å².